The van der Waals surface area contributed by atoms with E-state index in [0.717, 1.165) is 70.2 Å². The number of aryl methyl sites for hydroxylation is 3. The smallest absolute Gasteiger partial charge is 0.261 e. The molecule has 1 aliphatic carbocycles. The summed E-state index contributed by atoms with van der Waals surface area (Å²) in [4.78, 5) is 36.9. The number of ether oxygens (including phenoxy) is 3. The first-order valence-electron chi connectivity index (χ1n) is 13.8. The van der Waals surface area contributed by atoms with E-state index in [2.05, 4.69) is 24.0 Å². The summed E-state index contributed by atoms with van der Waals surface area (Å²) in [6.45, 7) is 3.48. The number of carbonyl (C=O) groups excluding carboxylic acids is 1. The van der Waals surface area contributed by atoms with Crippen LogP contribution in [-0.4, -0.2) is 47.8 Å². The van der Waals surface area contributed by atoms with Gasteiger partial charge in [0.15, 0.2) is 11.5 Å². The molecule has 2 aromatic heterocycles. The van der Waals surface area contributed by atoms with Crippen LogP contribution in [0, 0.1) is 6.92 Å². The SMILES string of the molecule is COCCCN(Cc1cc2cc3c(cc2nc1-c1ccccc1C)OCO3)C(=O)c1cc2c([nH]c1=O)CCCC2. The third kappa shape index (κ3) is 5.07. The molecule has 0 bridgehead atoms. The maximum Gasteiger partial charge on any atom is 0.261 e. The van der Waals surface area contributed by atoms with Crippen molar-refractivity contribution >= 4 is 16.8 Å². The minimum atomic E-state index is -0.328. The number of hydrogen-bond acceptors (Lipinski definition) is 6. The Kier molecular flexibility index (Phi) is 7.26. The molecule has 2 aliphatic rings. The Balaban J connectivity index is 1.44. The molecule has 8 nitrogen and oxygen atoms in total. The zero-order chi connectivity index (χ0) is 27.6. The van der Waals surface area contributed by atoms with E-state index in [4.69, 9.17) is 19.2 Å². The molecule has 206 valence electrons. The predicted octanol–water partition coefficient (Wildman–Crippen LogP) is 5.18. The molecule has 0 atom stereocenters. The highest BCUT2D eigenvalue weighted by molar-refractivity contribution is 5.94. The maximum absolute atomic E-state index is 14.0. The van der Waals surface area contributed by atoms with Crippen LogP contribution in [0.25, 0.3) is 22.2 Å². The first kappa shape index (κ1) is 26.1. The quantitative estimate of drug-likeness (QED) is 0.310. The summed E-state index contributed by atoms with van der Waals surface area (Å²) in [6, 6.07) is 15.8. The number of pyridine rings is 2. The zero-order valence-electron chi connectivity index (χ0n) is 22.9. The van der Waals surface area contributed by atoms with Gasteiger partial charge >= 0.3 is 0 Å². The van der Waals surface area contributed by atoms with Gasteiger partial charge in [-0.2, -0.15) is 0 Å². The molecule has 0 saturated heterocycles. The fraction of sp³-hybridized carbons (Fsp3) is 0.344. The Hall–Kier alpha value is -4.17. The second-order valence-corrected chi connectivity index (χ2v) is 10.5. The Morgan fingerprint density at radius 3 is 2.70 bits per heavy atom. The number of nitrogens with zero attached hydrogens (tertiary/aromatic N) is 2. The Labute approximate surface area is 232 Å². The van der Waals surface area contributed by atoms with Gasteiger partial charge in [-0.05, 0) is 73.9 Å². The van der Waals surface area contributed by atoms with Gasteiger partial charge in [-0.1, -0.05) is 24.3 Å². The molecule has 4 aromatic rings. The van der Waals surface area contributed by atoms with Crippen LogP contribution in [0.5, 0.6) is 11.5 Å². The molecule has 1 amide bonds. The molecule has 0 spiro atoms. The molecule has 0 radical (unpaired) electrons. The van der Waals surface area contributed by atoms with Crippen LogP contribution < -0.4 is 15.0 Å². The van der Waals surface area contributed by atoms with Crippen molar-refractivity contribution < 1.29 is 19.0 Å². The number of hydrogen-bond donors (Lipinski definition) is 1. The largest absolute Gasteiger partial charge is 0.454 e. The van der Waals surface area contributed by atoms with E-state index in [-0.39, 0.29) is 23.8 Å². The van der Waals surface area contributed by atoms with Gasteiger partial charge in [-0.25, -0.2) is 4.98 Å². The van der Waals surface area contributed by atoms with Crippen LogP contribution >= 0.6 is 0 Å². The number of aromatic nitrogens is 2. The highest BCUT2D eigenvalue weighted by atomic mass is 16.7. The summed E-state index contributed by atoms with van der Waals surface area (Å²) in [7, 11) is 1.65. The minimum absolute atomic E-state index is 0.181. The van der Waals surface area contributed by atoms with Crippen molar-refractivity contribution in [3.63, 3.8) is 0 Å². The third-order valence-electron chi connectivity index (χ3n) is 7.78. The molecule has 0 saturated carbocycles. The van der Waals surface area contributed by atoms with Crippen molar-refractivity contribution in [3.8, 4) is 22.8 Å². The van der Waals surface area contributed by atoms with E-state index in [1.165, 1.54) is 0 Å². The van der Waals surface area contributed by atoms with Crippen LogP contribution in [0.15, 0.2) is 53.3 Å². The molecule has 6 rings (SSSR count). The third-order valence-corrected chi connectivity index (χ3v) is 7.78. The lowest BCUT2D eigenvalue weighted by atomic mass is 9.94. The Bertz CT molecular complexity index is 1640. The summed E-state index contributed by atoms with van der Waals surface area (Å²) in [5.74, 6) is 1.07. The molecular weight excluding hydrogens is 506 g/mol. The monoisotopic (exact) mass is 539 g/mol. The molecule has 3 heterocycles. The van der Waals surface area contributed by atoms with Crippen molar-refractivity contribution in [1.29, 1.82) is 0 Å². The number of H-pyrrole nitrogens is 1. The maximum atomic E-state index is 14.0. The van der Waals surface area contributed by atoms with Crippen LogP contribution in [0.4, 0.5) is 0 Å². The Morgan fingerprint density at radius 1 is 1.07 bits per heavy atom. The highest BCUT2D eigenvalue weighted by Gasteiger charge is 2.24. The number of amides is 1. The molecule has 0 unspecified atom stereocenters. The summed E-state index contributed by atoms with van der Waals surface area (Å²) in [5.41, 5.74) is 6.43. The van der Waals surface area contributed by atoms with Gasteiger partial charge in [0.1, 0.15) is 5.56 Å². The van der Waals surface area contributed by atoms with Crippen LogP contribution in [0.1, 0.15) is 52.0 Å². The number of aromatic amines is 1. The van der Waals surface area contributed by atoms with Gasteiger partial charge in [-0.3, -0.25) is 9.59 Å². The van der Waals surface area contributed by atoms with E-state index >= 15 is 0 Å². The number of carbonyl (C=O) groups is 1. The fourth-order valence-electron chi connectivity index (χ4n) is 5.66. The minimum Gasteiger partial charge on any atom is -0.454 e. The number of fused-ring (bicyclic) bond motifs is 3. The van der Waals surface area contributed by atoms with Crippen LogP contribution in [-0.2, 0) is 24.1 Å². The Morgan fingerprint density at radius 2 is 1.88 bits per heavy atom. The standard InChI is InChI=1S/C32H33N3O5/c1-20-8-3-5-10-24(20)30-23(14-22-16-28-29(40-19-39-28)17-27(22)33-30)18-35(12-7-13-38-2)32(37)25-15-21-9-4-6-11-26(21)34-31(25)36/h3,5,8,10,14-17H,4,6-7,9,11-13,18-19H2,1-2H3,(H,34,36). The first-order valence-corrected chi connectivity index (χ1v) is 13.8. The van der Waals surface area contributed by atoms with Crippen LogP contribution in [0.3, 0.4) is 0 Å². The van der Waals surface area contributed by atoms with E-state index in [1.54, 1.807) is 18.1 Å². The van der Waals surface area contributed by atoms with E-state index < -0.39 is 0 Å². The lowest BCUT2D eigenvalue weighted by Gasteiger charge is -2.25. The molecule has 40 heavy (non-hydrogen) atoms. The second kappa shape index (κ2) is 11.1. The van der Waals surface area contributed by atoms with Crippen molar-refractivity contribution in [3.05, 3.63) is 86.8 Å². The fourth-order valence-corrected chi connectivity index (χ4v) is 5.66. The number of nitrogens with one attached hydrogen (secondary N) is 1. The average Bonchev–Trinajstić information content (AvgIpc) is 3.42. The van der Waals surface area contributed by atoms with Gasteiger partial charge in [-0.15, -0.1) is 0 Å². The van der Waals surface area contributed by atoms with E-state index in [1.807, 2.05) is 30.3 Å². The molecule has 8 heteroatoms. The predicted molar refractivity (Wildman–Crippen MR) is 153 cm³/mol. The topological polar surface area (TPSA) is 93.8 Å². The van der Waals surface area contributed by atoms with Crippen molar-refractivity contribution in [2.45, 2.75) is 45.6 Å². The molecule has 0 fully saturated rings. The van der Waals surface area contributed by atoms with Gasteiger partial charge in [0.25, 0.3) is 11.5 Å². The summed E-state index contributed by atoms with van der Waals surface area (Å²) >= 11 is 0. The average molecular weight is 540 g/mol. The second-order valence-electron chi connectivity index (χ2n) is 10.5. The molecule has 1 aliphatic heterocycles. The molecule has 1 N–H and O–H groups in total. The number of methoxy groups -OCH3 is 1. The molecular formula is C32H33N3O5. The lowest BCUT2D eigenvalue weighted by molar-refractivity contribution is 0.0722. The number of benzene rings is 2. The number of rotatable bonds is 8. The van der Waals surface area contributed by atoms with Gasteiger partial charge in [0, 0.05) is 49.5 Å². The van der Waals surface area contributed by atoms with Crippen molar-refractivity contribution in [2.24, 2.45) is 0 Å². The van der Waals surface area contributed by atoms with E-state index in [9.17, 15) is 9.59 Å². The van der Waals surface area contributed by atoms with Gasteiger partial charge in [0.2, 0.25) is 6.79 Å². The van der Waals surface area contributed by atoms with E-state index in [0.29, 0.717) is 37.6 Å². The lowest BCUT2D eigenvalue weighted by Crippen LogP contribution is -2.36. The van der Waals surface area contributed by atoms with Crippen molar-refractivity contribution in [1.82, 2.24) is 14.9 Å². The summed E-state index contributed by atoms with van der Waals surface area (Å²) in [5, 5.41) is 0.896. The van der Waals surface area contributed by atoms with Gasteiger partial charge in [0.05, 0.1) is 11.2 Å². The summed E-state index contributed by atoms with van der Waals surface area (Å²) in [6.07, 6.45) is 4.47. The van der Waals surface area contributed by atoms with Crippen molar-refractivity contribution in [2.75, 3.05) is 27.1 Å². The normalized spacial score (nSPS) is 13.8. The summed E-state index contributed by atoms with van der Waals surface area (Å²) < 4.78 is 16.5. The molecule has 2 aromatic carbocycles. The zero-order valence-corrected chi connectivity index (χ0v) is 22.9. The first-order chi connectivity index (χ1) is 19.5. The highest BCUT2D eigenvalue weighted by Crippen LogP contribution is 2.38. The van der Waals surface area contributed by atoms with Gasteiger partial charge < -0.3 is 24.1 Å². The van der Waals surface area contributed by atoms with Crippen LogP contribution in [0.2, 0.25) is 0 Å².